The van der Waals surface area contributed by atoms with Crippen LogP contribution in [-0.4, -0.2) is 18.2 Å². The van der Waals surface area contributed by atoms with Gasteiger partial charge in [-0.3, -0.25) is 0 Å². The lowest BCUT2D eigenvalue weighted by Gasteiger charge is -2.02. The van der Waals surface area contributed by atoms with Crippen LogP contribution in [0.3, 0.4) is 0 Å². The maximum Gasteiger partial charge on any atom is 0.343 e. The lowest BCUT2D eigenvalue weighted by Crippen LogP contribution is -2.04. The molecule has 1 aromatic carbocycles. The van der Waals surface area contributed by atoms with Crippen LogP contribution in [0.25, 0.3) is 11.3 Å². The fraction of sp³-hybridized carbons (Fsp3) is 0.167. The predicted octanol–water partition coefficient (Wildman–Crippen LogP) is 3.04. The molecule has 0 N–H and O–H groups in total. The fourth-order valence-corrected chi connectivity index (χ4v) is 2.19. The van der Waals surface area contributed by atoms with Crippen molar-refractivity contribution in [1.29, 1.82) is 0 Å². The smallest absolute Gasteiger partial charge is 0.343 e. The van der Waals surface area contributed by atoms with E-state index < -0.39 is 5.97 Å². The molecule has 2 rings (SSSR count). The molecule has 0 spiro atoms. The van der Waals surface area contributed by atoms with Crippen LogP contribution in [0.4, 0.5) is 0 Å². The Hall–Kier alpha value is -1.37. The summed E-state index contributed by atoms with van der Waals surface area (Å²) >= 11 is 2.19. The molecule has 4 nitrogen and oxygen atoms in total. The van der Waals surface area contributed by atoms with Crippen LogP contribution >= 0.6 is 22.6 Å². The van der Waals surface area contributed by atoms with Gasteiger partial charge in [0, 0.05) is 9.13 Å². The molecular weight excluding hydrogens is 333 g/mol. The number of methoxy groups -OCH3 is 1. The van der Waals surface area contributed by atoms with Crippen LogP contribution in [0.1, 0.15) is 16.1 Å². The van der Waals surface area contributed by atoms with E-state index in [0.717, 1.165) is 9.13 Å². The van der Waals surface area contributed by atoms with Crippen molar-refractivity contribution in [3.05, 3.63) is 39.2 Å². The van der Waals surface area contributed by atoms with Crippen molar-refractivity contribution in [1.82, 2.24) is 5.16 Å². The van der Waals surface area contributed by atoms with E-state index in [-0.39, 0.29) is 0 Å². The SMILES string of the molecule is COC(=O)c1c(-c2ccccc2I)noc1C. The van der Waals surface area contributed by atoms with Gasteiger partial charge in [-0.1, -0.05) is 23.4 Å². The number of carbonyl (C=O) groups is 1. The molecule has 0 unspecified atom stereocenters. The van der Waals surface area contributed by atoms with Gasteiger partial charge >= 0.3 is 5.97 Å². The van der Waals surface area contributed by atoms with Crippen LogP contribution < -0.4 is 0 Å². The summed E-state index contributed by atoms with van der Waals surface area (Å²) < 4.78 is 10.8. The standard InChI is InChI=1S/C12H10INO3/c1-7-10(12(15)16-2)11(14-17-7)8-5-3-4-6-9(8)13/h3-6H,1-2H3. The molecule has 0 bridgehead atoms. The lowest BCUT2D eigenvalue weighted by molar-refractivity contribution is 0.0599. The minimum atomic E-state index is -0.432. The fourth-order valence-electron chi connectivity index (χ4n) is 1.55. The van der Waals surface area contributed by atoms with Gasteiger partial charge in [0.15, 0.2) is 0 Å². The summed E-state index contributed by atoms with van der Waals surface area (Å²) in [5.74, 6) is 0.0323. The van der Waals surface area contributed by atoms with E-state index >= 15 is 0 Å². The second kappa shape index (κ2) is 4.87. The third kappa shape index (κ3) is 2.19. The Morgan fingerprint density at radius 1 is 1.41 bits per heavy atom. The second-order valence-corrected chi connectivity index (χ2v) is 4.60. The summed E-state index contributed by atoms with van der Waals surface area (Å²) in [6, 6.07) is 7.66. The molecule has 0 fully saturated rings. The largest absolute Gasteiger partial charge is 0.465 e. The van der Waals surface area contributed by atoms with E-state index in [4.69, 9.17) is 9.26 Å². The lowest BCUT2D eigenvalue weighted by atomic mass is 10.1. The molecule has 0 saturated carbocycles. The summed E-state index contributed by atoms with van der Waals surface area (Å²) in [6.45, 7) is 1.69. The van der Waals surface area contributed by atoms with Gasteiger partial charge in [-0.25, -0.2) is 4.79 Å². The highest BCUT2D eigenvalue weighted by Gasteiger charge is 2.23. The number of aromatic nitrogens is 1. The molecular formula is C12H10INO3. The van der Waals surface area contributed by atoms with Crippen molar-refractivity contribution >= 4 is 28.6 Å². The number of rotatable bonds is 2. The van der Waals surface area contributed by atoms with Crippen LogP contribution in [0.5, 0.6) is 0 Å². The number of carbonyl (C=O) groups excluding carboxylic acids is 1. The van der Waals surface area contributed by atoms with E-state index in [2.05, 4.69) is 27.7 Å². The normalized spacial score (nSPS) is 10.3. The number of benzene rings is 1. The highest BCUT2D eigenvalue weighted by Crippen LogP contribution is 2.29. The molecule has 0 atom stereocenters. The van der Waals surface area contributed by atoms with E-state index in [1.54, 1.807) is 6.92 Å². The number of nitrogens with zero attached hydrogens (tertiary/aromatic N) is 1. The van der Waals surface area contributed by atoms with Gasteiger partial charge in [-0.05, 0) is 35.6 Å². The number of hydrogen-bond acceptors (Lipinski definition) is 4. The van der Waals surface area contributed by atoms with Crippen molar-refractivity contribution in [3.63, 3.8) is 0 Å². The number of hydrogen-bond donors (Lipinski definition) is 0. The summed E-state index contributed by atoms with van der Waals surface area (Å²) in [5, 5.41) is 3.94. The molecule has 0 aliphatic rings. The molecule has 0 aliphatic carbocycles. The minimum Gasteiger partial charge on any atom is -0.465 e. The van der Waals surface area contributed by atoms with Crippen molar-refractivity contribution in [2.75, 3.05) is 7.11 Å². The molecule has 1 aromatic heterocycles. The Kier molecular flexibility index (Phi) is 3.46. The number of ether oxygens (including phenoxy) is 1. The van der Waals surface area contributed by atoms with Gasteiger partial charge < -0.3 is 9.26 Å². The zero-order valence-electron chi connectivity index (χ0n) is 9.36. The van der Waals surface area contributed by atoms with Crippen molar-refractivity contribution in [2.45, 2.75) is 6.92 Å². The quantitative estimate of drug-likeness (QED) is 0.621. The Morgan fingerprint density at radius 3 is 2.76 bits per heavy atom. The average molecular weight is 343 g/mol. The van der Waals surface area contributed by atoms with Crippen molar-refractivity contribution in [3.8, 4) is 11.3 Å². The van der Waals surface area contributed by atoms with Crippen molar-refractivity contribution < 1.29 is 14.1 Å². The van der Waals surface area contributed by atoms with Gasteiger partial charge in [0.1, 0.15) is 17.0 Å². The summed E-state index contributed by atoms with van der Waals surface area (Å²) in [7, 11) is 1.34. The van der Waals surface area contributed by atoms with Crippen LogP contribution in [0.2, 0.25) is 0 Å². The predicted molar refractivity (Wildman–Crippen MR) is 70.7 cm³/mol. The van der Waals surface area contributed by atoms with Crippen LogP contribution in [0, 0.1) is 10.5 Å². The highest BCUT2D eigenvalue weighted by molar-refractivity contribution is 14.1. The van der Waals surface area contributed by atoms with Gasteiger partial charge in [0.25, 0.3) is 0 Å². The Balaban J connectivity index is 2.61. The zero-order valence-corrected chi connectivity index (χ0v) is 11.5. The Labute approximate surface area is 112 Å². The molecule has 0 radical (unpaired) electrons. The van der Waals surface area contributed by atoms with Gasteiger partial charge in [0.05, 0.1) is 7.11 Å². The maximum atomic E-state index is 11.7. The molecule has 0 aliphatic heterocycles. The van der Waals surface area contributed by atoms with E-state index in [1.165, 1.54) is 7.11 Å². The third-order valence-corrected chi connectivity index (χ3v) is 3.32. The number of aryl methyl sites for hydroxylation is 1. The van der Waals surface area contributed by atoms with Gasteiger partial charge in [-0.2, -0.15) is 0 Å². The molecule has 0 amide bonds. The van der Waals surface area contributed by atoms with Gasteiger partial charge in [-0.15, -0.1) is 0 Å². The first-order valence-corrected chi connectivity index (χ1v) is 6.02. The number of halogens is 1. The van der Waals surface area contributed by atoms with E-state index in [1.807, 2.05) is 24.3 Å². The second-order valence-electron chi connectivity index (χ2n) is 3.43. The molecule has 0 saturated heterocycles. The molecule has 17 heavy (non-hydrogen) atoms. The molecule has 88 valence electrons. The summed E-state index contributed by atoms with van der Waals surface area (Å²) in [5.41, 5.74) is 1.78. The van der Waals surface area contributed by atoms with Crippen LogP contribution in [-0.2, 0) is 4.74 Å². The van der Waals surface area contributed by atoms with E-state index in [0.29, 0.717) is 17.0 Å². The topological polar surface area (TPSA) is 52.3 Å². The molecule has 1 heterocycles. The average Bonchev–Trinajstić information content (AvgIpc) is 2.71. The first-order valence-electron chi connectivity index (χ1n) is 4.94. The summed E-state index contributed by atoms with van der Waals surface area (Å²) in [6.07, 6.45) is 0. The highest BCUT2D eigenvalue weighted by atomic mass is 127. The maximum absolute atomic E-state index is 11.7. The van der Waals surface area contributed by atoms with E-state index in [9.17, 15) is 4.79 Å². The summed E-state index contributed by atoms with van der Waals surface area (Å²) in [4.78, 5) is 11.7. The first-order chi connectivity index (χ1) is 8.15. The van der Waals surface area contributed by atoms with Crippen molar-refractivity contribution in [2.24, 2.45) is 0 Å². The van der Waals surface area contributed by atoms with Crippen LogP contribution in [0.15, 0.2) is 28.8 Å². The Morgan fingerprint density at radius 2 is 2.12 bits per heavy atom. The minimum absolute atomic E-state index is 0.386. The Bertz CT molecular complexity index is 563. The zero-order chi connectivity index (χ0) is 12.4. The third-order valence-electron chi connectivity index (χ3n) is 2.38. The van der Waals surface area contributed by atoms with Gasteiger partial charge in [0.2, 0.25) is 0 Å². The molecule has 5 heteroatoms. The molecule has 2 aromatic rings. The monoisotopic (exact) mass is 343 g/mol. The first kappa shape index (κ1) is 12.1. The number of esters is 1.